The van der Waals surface area contributed by atoms with Gasteiger partial charge in [0.05, 0.1) is 13.2 Å². The maximum atomic E-state index is 12.6. The molecule has 1 aromatic rings. The number of rotatable bonds is 7. The van der Waals surface area contributed by atoms with Crippen molar-refractivity contribution in [3.8, 4) is 0 Å². The second-order valence-corrected chi connectivity index (χ2v) is 5.52. The van der Waals surface area contributed by atoms with Gasteiger partial charge in [0.25, 0.3) is 0 Å². The van der Waals surface area contributed by atoms with Gasteiger partial charge >= 0.3 is 11.9 Å². The number of benzene rings is 1. The van der Waals surface area contributed by atoms with Crippen molar-refractivity contribution in [2.45, 2.75) is 45.6 Å². The molecule has 0 fully saturated rings. The van der Waals surface area contributed by atoms with E-state index in [0.717, 1.165) is 11.3 Å². The van der Waals surface area contributed by atoms with Gasteiger partial charge in [0.2, 0.25) is 5.91 Å². The lowest BCUT2D eigenvalue weighted by molar-refractivity contribution is -0.146. The molecule has 1 aliphatic heterocycles. The summed E-state index contributed by atoms with van der Waals surface area (Å²) < 4.78 is 9.96. The molecule has 1 aromatic carbocycles. The van der Waals surface area contributed by atoms with Crippen LogP contribution in [0, 0.1) is 0 Å². The minimum atomic E-state index is -0.627. The average Bonchev–Trinajstić information content (AvgIpc) is 2.95. The second-order valence-electron chi connectivity index (χ2n) is 5.52. The van der Waals surface area contributed by atoms with Gasteiger partial charge in [-0.1, -0.05) is 18.2 Å². The molecule has 0 spiro atoms. The molecule has 1 amide bonds. The Bertz CT molecular complexity index is 613. The third kappa shape index (κ3) is 4.13. The quantitative estimate of drug-likeness (QED) is 0.716. The summed E-state index contributed by atoms with van der Waals surface area (Å²) in [5.74, 6) is -0.885. The predicted octanol–water partition coefficient (Wildman–Crippen LogP) is 2.24. The molecule has 0 aromatic heterocycles. The Hall–Kier alpha value is -2.37. The van der Waals surface area contributed by atoms with Crippen molar-refractivity contribution < 1.29 is 23.9 Å². The average molecular weight is 333 g/mol. The largest absolute Gasteiger partial charge is 0.466 e. The van der Waals surface area contributed by atoms with Crippen LogP contribution in [0.25, 0.3) is 0 Å². The Kier molecular flexibility index (Phi) is 6.35. The molecule has 6 nitrogen and oxygen atoms in total. The number of esters is 2. The van der Waals surface area contributed by atoms with Crippen LogP contribution in [-0.4, -0.2) is 37.1 Å². The van der Waals surface area contributed by atoms with Crippen LogP contribution in [0.5, 0.6) is 0 Å². The van der Waals surface area contributed by atoms with Gasteiger partial charge in [-0.05, 0) is 31.9 Å². The van der Waals surface area contributed by atoms with Crippen LogP contribution in [0.4, 0.5) is 5.69 Å². The molecule has 0 unspecified atom stereocenters. The van der Waals surface area contributed by atoms with Crippen molar-refractivity contribution in [3.05, 3.63) is 29.8 Å². The molecule has 1 aliphatic rings. The van der Waals surface area contributed by atoms with Crippen LogP contribution in [0.2, 0.25) is 0 Å². The summed E-state index contributed by atoms with van der Waals surface area (Å²) in [5.41, 5.74) is 1.70. The van der Waals surface area contributed by atoms with E-state index in [9.17, 15) is 14.4 Å². The smallest absolute Gasteiger partial charge is 0.329 e. The van der Waals surface area contributed by atoms with Gasteiger partial charge < -0.3 is 9.47 Å². The first kappa shape index (κ1) is 18.0. The zero-order valence-electron chi connectivity index (χ0n) is 14.1. The SMILES string of the molecule is CCOC(=O)CCCC(=O)N1c2ccccc2C[C@H]1C(=O)OCC. The van der Waals surface area contributed by atoms with E-state index in [2.05, 4.69) is 0 Å². The molecule has 1 heterocycles. The summed E-state index contributed by atoms with van der Waals surface area (Å²) >= 11 is 0. The van der Waals surface area contributed by atoms with E-state index >= 15 is 0 Å². The van der Waals surface area contributed by atoms with E-state index in [1.807, 2.05) is 24.3 Å². The van der Waals surface area contributed by atoms with E-state index in [-0.39, 0.29) is 31.3 Å². The molecule has 24 heavy (non-hydrogen) atoms. The number of carbonyl (C=O) groups excluding carboxylic acids is 3. The van der Waals surface area contributed by atoms with Crippen LogP contribution < -0.4 is 4.90 Å². The number of amides is 1. The molecular weight excluding hydrogens is 310 g/mol. The molecule has 6 heteroatoms. The summed E-state index contributed by atoms with van der Waals surface area (Å²) in [5, 5.41) is 0. The second kappa shape index (κ2) is 8.47. The number of carbonyl (C=O) groups is 3. The van der Waals surface area contributed by atoms with Gasteiger partial charge in [-0.15, -0.1) is 0 Å². The van der Waals surface area contributed by atoms with E-state index < -0.39 is 12.0 Å². The van der Waals surface area contributed by atoms with Crippen molar-refractivity contribution in [2.24, 2.45) is 0 Å². The van der Waals surface area contributed by atoms with E-state index in [0.29, 0.717) is 19.4 Å². The fourth-order valence-electron chi connectivity index (χ4n) is 2.86. The third-order valence-electron chi connectivity index (χ3n) is 3.88. The fourth-order valence-corrected chi connectivity index (χ4v) is 2.86. The zero-order chi connectivity index (χ0) is 17.5. The first-order chi connectivity index (χ1) is 11.6. The minimum Gasteiger partial charge on any atom is -0.466 e. The topological polar surface area (TPSA) is 72.9 Å². The van der Waals surface area contributed by atoms with Gasteiger partial charge in [-0.3, -0.25) is 14.5 Å². The summed E-state index contributed by atoms with van der Waals surface area (Å²) in [4.78, 5) is 37.7. The molecule has 0 saturated carbocycles. The number of anilines is 1. The van der Waals surface area contributed by atoms with Crippen LogP contribution in [0.1, 0.15) is 38.7 Å². The Morgan fingerprint density at radius 1 is 1.08 bits per heavy atom. The highest BCUT2D eigenvalue weighted by atomic mass is 16.5. The zero-order valence-corrected chi connectivity index (χ0v) is 14.1. The number of ether oxygens (including phenoxy) is 2. The molecule has 0 saturated heterocycles. The van der Waals surface area contributed by atoms with Gasteiger partial charge in [-0.2, -0.15) is 0 Å². The normalized spacial score (nSPS) is 15.8. The van der Waals surface area contributed by atoms with Gasteiger partial charge in [0.15, 0.2) is 0 Å². The summed E-state index contributed by atoms with van der Waals surface area (Å²) in [7, 11) is 0. The standard InChI is InChI=1S/C18H23NO5/c1-3-23-17(21)11-7-10-16(20)19-14-9-6-5-8-13(14)12-15(19)18(22)24-4-2/h5-6,8-9,15H,3-4,7,10-12H2,1-2H3/t15-/m0/s1. The molecule has 0 N–H and O–H groups in total. The highest BCUT2D eigenvalue weighted by Crippen LogP contribution is 2.33. The Balaban J connectivity index is 2.06. The van der Waals surface area contributed by atoms with E-state index in [1.165, 1.54) is 4.90 Å². The van der Waals surface area contributed by atoms with Crippen molar-refractivity contribution in [1.29, 1.82) is 0 Å². The lowest BCUT2D eigenvalue weighted by Crippen LogP contribution is -2.43. The van der Waals surface area contributed by atoms with E-state index in [1.54, 1.807) is 13.8 Å². The van der Waals surface area contributed by atoms with Crippen LogP contribution in [-0.2, 0) is 30.3 Å². The molecule has 1 atom stereocenters. The first-order valence-corrected chi connectivity index (χ1v) is 8.30. The van der Waals surface area contributed by atoms with Crippen LogP contribution in [0.15, 0.2) is 24.3 Å². The number of hydrogen-bond donors (Lipinski definition) is 0. The van der Waals surface area contributed by atoms with Gasteiger partial charge in [-0.25, -0.2) is 4.79 Å². The Labute approximate surface area is 141 Å². The molecule has 0 radical (unpaired) electrons. The molecular formula is C18H23NO5. The minimum absolute atomic E-state index is 0.178. The van der Waals surface area contributed by atoms with Crippen LogP contribution >= 0.6 is 0 Å². The van der Waals surface area contributed by atoms with E-state index in [4.69, 9.17) is 9.47 Å². The predicted molar refractivity (Wildman–Crippen MR) is 88.5 cm³/mol. The summed E-state index contributed by atoms with van der Waals surface area (Å²) in [6.45, 7) is 4.09. The maximum absolute atomic E-state index is 12.6. The monoisotopic (exact) mass is 333 g/mol. The lowest BCUT2D eigenvalue weighted by Gasteiger charge is -2.24. The fraction of sp³-hybridized carbons (Fsp3) is 0.500. The maximum Gasteiger partial charge on any atom is 0.329 e. The number of fused-ring (bicyclic) bond motifs is 1. The number of nitrogens with zero attached hydrogens (tertiary/aromatic N) is 1. The van der Waals surface area contributed by atoms with Crippen molar-refractivity contribution in [3.63, 3.8) is 0 Å². The van der Waals surface area contributed by atoms with Gasteiger partial charge in [0, 0.05) is 24.9 Å². The highest BCUT2D eigenvalue weighted by molar-refractivity contribution is 6.02. The van der Waals surface area contributed by atoms with Crippen molar-refractivity contribution in [2.75, 3.05) is 18.1 Å². The third-order valence-corrected chi connectivity index (χ3v) is 3.88. The Morgan fingerprint density at radius 3 is 2.50 bits per heavy atom. The number of para-hydroxylation sites is 1. The molecule has 0 bridgehead atoms. The molecule has 2 rings (SSSR count). The molecule has 0 aliphatic carbocycles. The summed E-state index contributed by atoms with van der Waals surface area (Å²) in [6, 6.07) is 6.84. The Morgan fingerprint density at radius 2 is 1.79 bits per heavy atom. The lowest BCUT2D eigenvalue weighted by atomic mass is 10.1. The van der Waals surface area contributed by atoms with Crippen molar-refractivity contribution >= 4 is 23.5 Å². The van der Waals surface area contributed by atoms with Crippen molar-refractivity contribution in [1.82, 2.24) is 0 Å². The van der Waals surface area contributed by atoms with Crippen LogP contribution in [0.3, 0.4) is 0 Å². The van der Waals surface area contributed by atoms with Gasteiger partial charge in [0.1, 0.15) is 6.04 Å². The summed E-state index contributed by atoms with van der Waals surface area (Å²) in [6.07, 6.45) is 1.23. The molecule has 130 valence electrons. The number of hydrogen-bond acceptors (Lipinski definition) is 5. The first-order valence-electron chi connectivity index (χ1n) is 8.30. The highest BCUT2D eigenvalue weighted by Gasteiger charge is 2.38.